The lowest BCUT2D eigenvalue weighted by atomic mass is 10.1. The molecule has 1 unspecified atom stereocenters. The molecular formula is C13H19N5. The van der Waals surface area contributed by atoms with Gasteiger partial charge in [0.2, 0.25) is 5.95 Å². The van der Waals surface area contributed by atoms with Crippen LogP contribution in [0.2, 0.25) is 0 Å². The number of rotatable bonds is 3. The lowest BCUT2D eigenvalue weighted by Crippen LogP contribution is -2.42. The van der Waals surface area contributed by atoms with E-state index in [0.29, 0.717) is 17.7 Å². The van der Waals surface area contributed by atoms with Crippen LogP contribution in [-0.2, 0) is 0 Å². The smallest absolute Gasteiger partial charge is 0.224 e. The third kappa shape index (κ3) is 3.17. The zero-order chi connectivity index (χ0) is 13.0. The number of likely N-dealkylation sites (tertiary alicyclic amines) is 1. The number of hydrogen-bond donors (Lipinski definition) is 1. The quantitative estimate of drug-likeness (QED) is 0.875. The Morgan fingerprint density at radius 1 is 1.56 bits per heavy atom. The molecule has 0 bridgehead atoms. The summed E-state index contributed by atoms with van der Waals surface area (Å²) in [4.78, 5) is 10.9. The molecular weight excluding hydrogens is 226 g/mol. The van der Waals surface area contributed by atoms with Gasteiger partial charge in [0, 0.05) is 18.3 Å². The maximum Gasteiger partial charge on any atom is 0.224 e. The Labute approximate surface area is 108 Å². The first-order valence-electron chi connectivity index (χ1n) is 6.46. The Kier molecular flexibility index (Phi) is 4.11. The standard InChI is InChI=1S/C13H19N5/c1-3-18-6-4-5-11(9-18)16-13-15-10(2)7-12(8-14)17-13/h7,11H,3-6,9H2,1-2H3,(H,15,16,17). The minimum Gasteiger partial charge on any atom is -0.350 e. The predicted octanol–water partition coefficient (Wildman–Crippen LogP) is 1.55. The highest BCUT2D eigenvalue weighted by atomic mass is 15.2. The molecule has 0 aromatic carbocycles. The summed E-state index contributed by atoms with van der Waals surface area (Å²) in [6, 6.07) is 4.14. The molecule has 1 fully saturated rings. The Bertz CT molecular complexity index is 451. The molecule has 0 saturated carbocycles. The molecule has 18 heavy (non-hydrogen) atoms. The largest absolute Gasteiger partial charge is 0.350 e. The number of likely N-dealkylation sites (N-methyl/N-ethyl adjacent to an activating group) is 1. The van der Waals surface area contributed by atoms with Crippen molar-refractivity contribution < 1.29 is 0 Å². The maximum absolute atomic E-state index is 8.90. The zero-order valence-corrected chi connectivity index (χ0v) is 11.0. The van der Waals surface area contributed by atoms with E-state index >= 15 is 0 Å². The lowest BCUT2D eigenvalue weighted by Gasteiger charge is -2.32. The van der Waals surface area contributed by atoms with Crippen molar-refractivity contribution in [3.05, 3.63) is 17.5 Å². The van der Waals surface area contributed by atoms with Crippen LogP contribution < -0.4 is 5.32 Å². The van der Waals surface area contributed by atoms with Gasteiger partial charge in [0.25, 0.3) is 0 Å². The van der Waals surface area contributed by atoms with Crippen LogP contribution in [0, 0.1) is 18.3 Å². The van der Waals surface area contributed by atoms with Gasteiger partial charge < -0.3 is 10.2 Å². The summed E-state index contributed by atoms with van der Waals surface area (Å²) in [6.45, 7) is 7.34. The highest BCUT2D eigenvalue weighted by Gasteiger charge is 2.19. The molecule has 0 amide bonds. The minimum atomic E-state index is 0.382. The average molecular weight is 245 g/mol. The summed E-state index contributed by atoms with van der Waals surface area (Å²) in [5, 5.41) is 12.2. The van der Waals surface area contributed by atoms with Gasteiger partial charge in [-0.05, 0) is 38.9 Å². The summed E-state index contributed by atoms with van der Waals surface area (Å²) < 4.78 is 0. The van der Waals surface area contributed by atoms with E-state index in [1.807, 2.05) is 6.92 Å². The second-order valence-electron chi connectivity index (χ2n) is 4.71. The molecule has 0 aliphatic carbocycles. The molecule has 1 aromatic rings. The molecule has 2 rings (SSSR count). The van der Waals surface area contributed by atoms with Gasteiger partial charge in [0.05, 0.1) is 0 Å². The van der Waals surface area contributed by atoms with Crippen LogP contribution in [0.15, 0.2) is 6.07 Å². The first kappa shape index (κ1) is 12.8. The maximum atomic E-state index is 8.90. The zero-order valence-electron chi connectivity index (χ0n) is 11.0. The molecule has 1 aliphatic rings. The molecule has 0 radical (unpaired) electrons. The summed E-state index contributed by atoms with van der Waals surface area (Å²) in [6.07, 6.45) is 2.33. The van der Waals surface area contributed by atoms with E-state index < -0.39 is 0 Å². The van der Waals surface area contributed by atoms with E-state index in [1.165, 1.54) is 13.0 Å². The van der Waals surface area contributed by atoms with Crippen molar-refractivity contribution in [2.75, 3.05) is 25.0 Å². The number of anilines is 1. The van der Waals surface area contributed by atoms with Crippen molar-refractivity contribution in [2.24, 2.45) is 0 Å². The molecule has 1 aliphatic heterocycles. The second kappa shape index (κ2) is 5.78. The van der Waals surface area contributed by atoms with Crippen molar-refractivity contribution in [3.63, 3.8) is 0 Å². The van der Waals surface area contributed by atoms with E-state index in [9.17, 15) is 0 Å². The van der Waals surface area contributed by atoms with Gasteiger partial charge in [0.1, 0.15) is 11.8 Å². The van der Waals surface area contributed by atoms with Crippen LogP contribution in [-0.4, -0.2) is 40.5 Å². The molecule has 5 heteroatoms. The number of aromatic nitrogens is 2. The normalized spacial score (nSPS) is 20.4. The van der Waals surface area contributed by atoms with Gasteiger partial charge in [0.15, 0.2) is 0 Å². The number of nitrogens with one attached hydrogen (secondary N) is 1. The molecule has 1 atom stereocenters. The predicted molar refractivity (Wildman–Crippen MR) is 70.2 cm³/mol. The molecule has 0 spiro atoms. The number of hydrogen-bond acceptors (Lipinski definition) is 5. The van der Waals surface area contributed by atoms with Crippen molar-refractivity contribution in [1.29, 1.82) is 5.26 Å². The van der Waals surface area contributed by atoms with Gasteiger partial charge in [-0.25, -0.2) is 9.97 Å². The summed E-state index contributed by atoms with van der Waals surface area (Å²) in [5.41, 5.74) is 1.25. The van der Waals surface area contributed by atoms with Gasteiger partial charge in [-0.15, -0.1) is 0 Å². The van der Waals surface area contributed by atoms with Gasteiger partial charge in [-0.1, -0.05) is 6.92 Å². The molecule has 1 N–H and O–H groups in total. The molecule has 1 saturated heterocycles. The number of nitrogens with zero attached hydrogens (tertiary/aromatic N) is 4. The van der Waals surface area contributed by atoms with Crippen LogP contribution in [0.4, 0.5) is 5.95 Å². The van der Waals surface area contributed by atoms with E-state index in [1.54, 1.807) is 6.07 Å². The molecule has 1 aromatic heterocycles. The number of piperidine rings is 1. The van der Waals surface area contributed by atoms with Crippen LogP contribution in [0.25, 0.3) is 0 Å². The van der Waals surface area contributed by atoms with Crippen molar-refractivity contribution in [3.8, 4) is 6.07 Å². The van der Waals surface area contributed by atoms with E-state index in [2.05, 4.69) is 33.2 Å². The third-order valence-corrected chi connectivity index (χ3v) is 3.25. The van der Waals surface area contributed by atoms with Gasteiger partial charge >= 0.3 is 0 Å². The second-order valence-corrected chi connectivity index (χ2v) is 4.71. The summed E-state index contributed by atoms with van der Waals surface area (Å²) in [7, 11) is 0. The van der Waals surface area contributed by atoms with Crippen molar-refractivity contribution in [1.82, 2.24) is 14.9 Å². The molecule has 5 nitrogen and oxygen atoms in total. The highest BCUT2D eigenvalue weighted by molar-refractivity contribution is 5.34. The van der Waals surface area contributed by atoms with Crippen LogP contribution in [0.5, 0.6) is 0 Å². The van der Waals surface area contributed by atoms with Crippen molar-refractivity contribution in [2.45, 2.75) is 32.7 Å². The van der Waals surface area contributed by atoms with Crippen LogP contribution in [0.3, 0.4) is 0 Å². The first-order valence-corrected chi connectivity index (χ1v) is 6.46. The number of aryl methyl sites for hydroxylation is 1. The van der Waals surface area contributed by atoms with E-state index in [-0.39, 0.29) is 0 Å². The Hall–Kier alpha value is -1.67. The van der Waals surface area contributed by atoms with Gasteiger partial charge in [-0.2, -0.15) is 5.26 Å². The fourth-order valence-corrected chi connectivity index (χ4v) is 2.33. The molecule has 2 heterocycles. The summed E-state index contributed by atoms with van der Waals surface area (Å²) >= 11 is 0. The Morgan fingerprint density at radius 2 is 2.39 bits per heavy atom. The lowest BCUT2D eigenvalue weighted by molar-refractivity contribution is 0.226. The SMILES string of the molecule is CCN1CCCC(Nc2nc(C)cc(C#N)n2)C1. The van der Waals surface area contributed by atoms with Crippen LogP contribution >= 0.6 is 0 Å². The van der Waals surface area contributed by atoms with E-state index in [4.69, 9.17) is 5.26 Å². The van der Waals surface area contributed by atoms with Gasteiger partial charge in [-0.3, -0.25) is 0 Å². The van der Waals surface area contributed by atoms with Crippen molar-refractivity contribution >= 4 is 5.95 Å². The number of nitriles is 1. The average Bonchev–Trinajstić information content (AvgIpc) is 2.38. The fraction of sp³-hybridized carbons (Fsp3) is 0.615. The summed E-state index contributed by atoms with van der Waals surface area (Å²) in [5.74, 6) is 0.578. The third-order valence-electron chi connectivity index (χ3n) is 3.25. The Balaban J connectivity index is 2.05. The fourth-order valence-electron chi connectivity index (χ4n) is 2.33. The monoisotopic (exact) mass is 245 g/mol. The van der Waals surface area contributed by atoms with E-state index in [0.717, 1.165) is 25.2 Å². The Morgan fingerprint density at radius 3 is 3.11 bits per heavy atom. The highest BCUT2D eigenvalue weighted by Crippen LogP contribution is 2.14. The first-order chi connectivity index (χ1) is 8.71. The topological polar surface area (TPSA) is 64.8 Å². The minimum absolute atomic E-state index is 0.382. The molecule has 96 valence electrons. The van der Waals surface area contributed by atoms with Crippen LogP contribution in [0.1, 0.15) is 31.2 Å².